The first-order valence-corrected chi connectivity index (χ1v) is 9.14. The number of hydrogen-bond acceptors (Lipinski definition) is 5. The maximum atomic E-state index is 13.7. The second-order valence-corrected chi connectivity index (χ2v) is 6.67. The van der Waals surface area contributed by atoms with Gasteiger partial charge in [-0.3, -0.25) is 0 Å². The Kier molecular flexibility index (Phi) is 6.53. The summed E-state index contributed by atoms with van der Waals surface area (Å²) in [6.07, 6.45) is 0.882. The number of β-amino-alcohol motifs (C(OH)–C–C–N with tert-alkyl or cyclic N) is 1. The topological polar surface area (TPSA) is 51.2 Å². The number of likely N-dealkylation sites (tertiary alicyclic amines) is 1. The summed E-state index contributed by atoms with van der Waals surface area (Å²) in [5, 5.41) is 10.7. The van der Waals surface area contributed by atoms with Crippen molar-refractivity contribution in [1.29, 1.82) is 0 Å². The molecule has 0 radical (unpaired) electrons. The van der Waals surface area contributed by atoms with Crippen LogP contribution in [0.2, 0.25) is 0 Å². The summed E-state index contributed by atoms with van der Waals surface area (Å²) in [5.41, 5.74) is 0.710. The fraction of sp³-hybridized carbons (Fsp3) is 0.429. The Hall–Kier alpha value is -2.31. The predicted octanol–water partition coefficient (Wildman–Crippen LogP) is 3.42. The zero-order valence-electron chi connectivity index (χ0n) is 15.7. The van der Waals surface area contributed by atoms with Gasteiger partial charge >= 0.3 is 0 Å². The Morgan fingerprint density at radius 1 is 1.07 bits per heavy atom. The smallest absolute Gasteiger partial charge is 0.165 e. The lowest BCUT2D eigenvalue weighted by Crippen LogP contribution is -2.40. The lowest BCUT2D eigenvalue weighted by atomic mass is 10.0. The number of aliphatic hydroxyl groups is 1. The first kappa shape index (κ1) is 19.5. The van der Waals surface area contributed by atoms with Gasteiger partial charge in [0.1, 0.15) is 17.6 Å². The first-order valence-electron chi connectivity index (χ1n) is 9.14. The van der Waals surface area contributed by atoms with Crippen LogP contribution in [-0.4, -0.2) is 50.0 Å². The van der Waals surface area contributed by atoms with Gasteiger partial charge in [-0.2, -0.15) is 0 Å². The molecule has 5 nitrogen and oxygen atoms in total. The number of halogens is 1. The molecular weight excluding hydrogens is 349 g/mol. The molecule has 1 saturated heterocycles. The van der Waals surface area contributed by atoms with E-state index in [4.69, 9.17) is 14.2 Å². The summed E-state index contributed by atoms with van der Waals surface area (Å²) in [4.78, 5) is 2.19. The predicted molar refractivity (Wildman–Crippen MR) is 101 cm³/mol. The number of piperidine rings is 1. The fourth-order valence-corrected chi connectivity index (χ4v) is 3.37. The van der Waals surface area contributed by atoms with E-state index < -0.39 is 6.10 Å². The van der Waals surface area contributed by atoms with Crippen molar-refractivity contribution in [3.63, 3.8) is 0 Å². The van der Waals surface area contributed by atoms with Crippen LogP contribution in [0.1, 0.15) is 24.5 Å². The number of ether oxygens (including phenoxy) is 3. The van der Waals surface area contributed by atoms with Crippen molar-refractivity contribution < 1.29 is 23.7 Å². The summed E-state index contributed by atoms with van der Waals surface area (Å²) >= 11 is 0. The minimum atomic E-state index is -0.681. The zero-order valence-corrected chi connectivity index (χ0v) is 15.7. The molecule has 0 spiro atoms. The number of hydrogen-bond donors (Lipinski definition) is 1. The molecule has 6 heteroatoms. The van der Waals surface area contributed by atoms with Crippen LogP contribution >= 0.6 is 0 Å². The van der Waals surface area contributed by atoms with Crippen molar-refractivity contribution in [3.05, 3.63) is 53.8 Å². The van der Waals surface area contributed by atoms with E-state index in [9.17, 15) is 9.50 Å². The molecule has 1 heterocycles. The second-order valence-electron chi connectivity index (χ2n) is 6.67. The van der Waals surface area contributed by atoms with Gasteiger partial charge in [-0.15, -0.1) is 0 Å². The van der Waals surface area contributed by atoms with Crippen LogP contribution in [0.5, 0.6) is 17.2 Å². The van der Waals surface area contributed by atoms with Crippen molar-refractivity contribution >= 4 is 0 Å². The molecule has 0 bridgehead atoms. The molecule has 1 atom stereocenters. The summed E-state index contributed by atoms with van der Waals surface area (Å²) in [6.45, 7) is 2.06. The number of nitrogens with zero attached hydrogens (tertiary/aromatic N) is 1. The van der Waals surface area contributed by atoms with Crippen molar-refractivity contribution in [2.45, 2.75) is 25.0 Å². The molecule has 0 aliphatic carbocycles. The Labute approximate surface area is 159 Å². The van der Waals surface area contributed by atoms with Crippen LogP contribution in [0.4, 0.5) is 4.39 Å². The van der Waals surface area contributed by atoms with Crippen molar-refractivity contribution in [2.24, 2.45) is 0 Å². The van der Waals surface area contributed by atoms with Crippen LogP contribution in [-0.2, 0) is 0 Å². The van der Waals surface area contributed by atoms with E-state index in [0.29, 0.717) is 29.4 Å². The van der Waals surface area contributed by atoms with E-state index in [-0.39, 0.29) is 11.9 Å². The van der Waals surface area contributed by atoms with Crippen LogP contribution in [0.25, 0.3) is 0 Å². The zero-order chi connectivity index (χ0) is 19.2. The molecule has 27 heavy (non-hydrogen) atoms. The number of para-hydroxylation sites is 1. The van der Waals surface area contributed by atoms with E-state index in [1.54, 1.807) is 50.6 Å². The van der Waals surface area contributed by atoms with Gasteiger partial charge in [0.05, 0.1) is 20.3 Å². The maximum Gasteiger partial charge on any atom is 0.165 e. The van der Waals surface area contributed by atoms with Gasteiger partial charge in [-0.05, 0) is 43.2 Å². The molecule has 146 valence electrons. The monoisotopic (exact) mass is 375 g/mol. The molecular formula is C21H26FNO4. The highest BCUT2D eigenvalue weighted by Crippen LogP contribution is 2.30. The van der Waals surface area contributed by atoms with E-state index in [2.05, 4.69) is 4.90 Å². The van der Waals surface area contributed by atoms with Gasteiger partial charge in [0.15, 0.2) is 11.6 Å². The Morgan fingerprint density at radius 2 is 1.81 bits per heavy atom. The van der Waals surface area contributed by atoms with Gasteiger partial charge in [0, 0.05) is 25.2 Å². The number of methoxy groups -OCH3 is 2. The molecule has 0 amide bonds. The molecule has 1 aliphatic heterocycles. The normalized spacial score (nSPS) is 16.7. The average molecular weight is 375 g/mol. The van der Waals surface area contributed by atoms with Gasteiger partial charge in [-0.1, -0.05) is 12.1 Å². The summed E-state index contributed by atoms with van der Waals surface area (Å²) in [5.74, 6) is 1.29. The highest BCUT2D eigenvalue weighted by Gasteiger charge is 2.24. The van der Waals surface area contributed by atoms with E-state index >= 15 is 0 Å². The SMILES string of the molecule is COc1ccc(OC)c(C(O)CN2CCC(Oc3ccccc3F)CC2)c1. The van der Waals surface area contributed by atoms with Crippen LogP contribution in [0, 0.1) is 5.82 Å². The van der Waals surface area contributed by atoms with Crippen molar-refractivity contribution in [3.8, 4) is 17.2 Å². The highest BCUT2D eigenvalue weighted by molar-refractivity contribution is 5.41. The molecule has 1 fully saturated rings. The Balaban J connectivity index is 1.55. The van der Waals surface area contributed by atoms with Crippen LogP contribution in [0.15, 0.2) is 42.5 Å². The molecule has 1 unspecified atom stereocenters. The summed E-state index contributed by atoms with van der Waals surface area (Å²) < 4.78 is 30.1. The van der Waals surface area contributed by atoms with E-state index in [1.165, 1.54) is 6.07 Å². The molecule has 2 aromatic carbocycles. The largest absolute Gasteiger partial charge is 0.497 e. The van der Waals surface area contributed by atoms with Gasteiger partial charge < -0.3 is 24.2 Å². The first-order chi connectivity index (χ1) is 13.1. The molecule has 2 aromatic rings. The van der Waals surface area contributed by atoms with Crippen LogP contribution < -0.4 is 14.2 Å². The number of aliphatic hydroxyl groups excluding tert-OH is 1. The second kappa shape index (κ2) is 9.06. The molecule has 0 aromatic heterocycles. The minimum Gasteiger partial charge on any atom is -0.497 e. The quantitative estimate of drug-likeness (QED) is 0.804. The van der Waals surface area contributed by atoms with Crippen molar-refractivity contribution in [1.82, 2.24) is 4.90 Å². The Morgan fingerprint density at radius 3 is 2.48 bits per heavy atom. The fourth-order valence-electron chi connectivity index (χ4n) is 3.37. The third-order valence-corrected chi connectivity index (χ3v) is 4.89. The summed E-state index contributed by atoms with van der Waals surface area (Å²) in [6, 6.07) is 11.9. The number of rotatable bonds is 7. The van der Waals surface area contributed by atoms with E-state index in [1.807, 2.05) is 0 Å². The van der Waals surface area contributed by atoms with Gasteiger partial charge in [-0.25, -0.2) is 4.39 Å². The molecule has 1 N–H and O–H groups in total. The highest BCUT2D eigenvalue weighted by atomic mass is 19.1. The van der Waals surface area contributed by atoms with Crippen molar-refractivity contribution in [2.75, 3.05) is 33.9 Å². The third-order valence-electron chi connectivity index (χ3n) is 4.89. The lowest BCUT2D eigenvalue weighted by Gasteiger charge is -2.33. The number of benzene rings is 2. The third kappa shape index (κ3) is 4.90. The van der Waals surface area contributed by atoms with Gasteiger partial charge in [0.25, 0.3) is 0 Å². The average Bonchev–Trinajstić information content (AvgIpc) is 2.70. The molecule has 1 aliphatic rings. The minimum absolute atomic E-state index is 0.0124. The Bertz CT molecular complexity index is 747. The summed E-state index contributed by atoms with van der Waals surface area (Å²) in [7, 11) is 3.18. The van der Waals surface area contributed by atoms with E-state index in [0.717, 1.165) is 25.9 Å². The molecule has 3 rings (SSSR count). The molecule has 0 saturated carbocycles. The maximum absolute atomic E-state index is 13.7. The van der Waals surface area contributed by atoms with Gasteiger partial charge in [0.2, 0.25) is 0 Å². The lowest BCUT2D eigenvalue weighted by molar-refractivity contribution is 0.0586. The van der Waals surface area contributed by atoms with Crippen LogP contribution in [0.3, 0.4) is 0 Å². The standard InChI is InChI=1S/C21H26FNO4/c1-25-16-7-8-20(26-2)17(13-16)19(24)14-23-11-9-15(10-12-23)27-21-6-4-3-5-18(21)22/h3-8,13,15,19,24H,9-12,14H2,1-2H3.